The summed E-state index contributed by atoms with van der Waals surface area (Å²) in [6.45, 7) is 2.03. The first-order valence-electron chi connectivity index (χ1n) is 8.46. The highest BCUT2D eigenvalue weighted by Crippen LogP contribution is 2.18. The van der Waals surface area contributed by atoms with Crippen LogP contribution >= 0.6 is 0 Å². The van der Waals surface area contributed by atoms with Crippen molar-refractivity contribution in [1.29, 1.82) is 0 Å². The Bertz CT molecular complexity index is 904. The standard InChI is InChI=1S/C21H19FN2O3/c1-15-4-10-18(11-5-15)24(21(26)19-3-2-12-27-19)14-20(25)23-13-16-6-8-17(22)9-7-16/h2-12H,13-14H2,1H3,(H,23,25). The summed E-state index contributed by atoms with van der Waals surface area (Å²) in [5.74, 6) is -0.915. The monoisotopic (exact) mass is 366 g/mol. The summed E-state index contributed by atoms with van der Waals surface area (Å²) >= 11 is 0. The van der Waals surface area contributed by atoms with E-state index in [0.29, 0.717) is 5.69 Å². The summed E-state index contributed by atoms with van der Waals surface area (Å²) in [5.41, 5.74) is 2.41. The van der Waals surface area contributed by atoms with Crippen LogP contribution in [0.5, 0.6) is 0 Å². The van der Waals surface area contributed by atoms with Gasteiger partial charge in [-0.15, -0.1) is 0 Å². The molecule has 0 atom stereocenters. The van der Waals surface area contributed by atoms with Crippen LogP contribution in [0.15, 0.2) is 71.3 Å². The van der Waals surface area contributed by atoms with Gasteiger partial charge in [0.2, 0.25) is 5.91 Å². The van der Waals surface area contributed by atoms with E-state index < -0.39 is 5.91 Å². The molecule has 1 heterocycles. The number of carbonyl (C=O) groups is 2. The molecule has 0 unspecified atom stereocenters. The molecule has 0 aliphatic rings. The molecular formula is C21H19FN2O3. The Hall–Kier alpha value is -3.41. The minimum Gasteiger partial charge on any atom is -0.459 e. The highest BCUT2D eigenvalue weighted by atomic mass is 19.1. The van der Waals surface area contributed by atoms with E-state index in [1.807, 2.05) is 19.1 Å². The van der Waals surface area contributed by atoms with Gasteiger partial charge in [-0.05, 0) is 48.9 Å². The summed E-state index contributed by atoms with van der Waals surface area (Å²) in [5, 5.41) is 2.74. The van der Waals surface area contributed by atoms with Crippen LogP contribution in [0.1, 0.15) is 21.7 Å². The fraction of sp³-hybridized carbons (Fsp3) is 0.143. The molecule has 0 bridgehead atoms. The maximum Gasteiger partial charge on any atom is 0.294 e. The number of benzene rings is 2. The van der Waals surface area contributed by atoms with Gasteiger partial charge in [0.15, 0.2) is 5.76 Å². The molecule has 5 nitrogen and oxygen atoms in total. The van der Waals surface area contributed by atoms with Crippen molar-refractivity contribution >= 4 is 17.5 Å². The first-order valence-corrected chi connectivity index (χ1v) is 8.46. The molecule has 0 aliphatic heterocycles. The number of halogens is 1. The predicted molar refractivity (Wildman–Crippen MR) is 99.8 cm³/mol. The highest BCUT2D eigenvalue weighted by molar-refractivity contribution is 6.07. The number of hydrogen-bond donors (Lipinski definition) is 1. The van der Waals surface area contributed by atoms with Crippen molar-refractivity contribution in [1.82, 2.24) is 5.32 Å². The molecule has 0 saturated carbocycles. The fourth-order valence-electron chi connectivity index (χ4n) is 2.54. The molecule has 138 valence electrons. The smallest absolute Gasteiger partial charge is 0.294 e. The summed E-state index contributed by atoms with van der Waals surface area (Å²) in [6.07, 6.45) is 1.41. The molecule has 2 aromatic carbocycles. The Labute approximate surface area is 156 Å². The number of rotatable bonds is 6. The molecule has 3 aromatic rings. The lowest BCUT2D eigenvalue weighted by atomic mass is 10.2. The topological polar surface area (TPSA) is 62.6 Å². The second-order valence-corrected chi connectivity index (χ2v) is 6.11. The average molecular weight is 366 g/mol. The maximum absolute atomic E-state index is 13.0. The summed E-state index contributed by atoms with van der Waals surface area (Å²) in [6, 6.07) is 16.3. The van der Waals surface area contributed by atoms with Crippen LogP contribution in [0, 0.1) is 12.7 Å². The van der Waals surface area contributed by atoms with E-state index in [1.54, 1.807) is 36.4 Å². The summed E-state index contributed by atoms with van der Waals surface area (Å²) < 4.78 is 18.1. The lowest BCUT2D eigenvalue weighted by Crippen LogP contribution is -2.40. The fourth-order valence-corrected chi connectivity index (χ4v) is 2.54. The van der Waals surface area contributed by atoms with Crippen molar-refractivity contribution in [3.8, 4) is 0 Å². The second kappa shape index (κ2) is 8.31. The maximum atomic E-state index is 13.0. The number of carbonyl (C=O) groups excluding carboxylic acids is 2. The van der Waals surface area contributed by atoms with Crippen LogP contribution in [0.3, 0.4) is 0 Å². The number of anilines is 1. The number of hydrogen-bond acceptors (Lipinski definition) is 3. The van der Waals surface area contributed by atoms with Crippen molar-refractivity contribution in [2.75, 3.05) is 11.4 Å². The Morgan fingerprint density at radius 1 is 1.04 bits per heavy atom. The molecule has 1 aromatic heterocycles. The molecule has 2 amide bonds. The third-order valence-electron chi connectivity index (χ3n) is 4.03. The molecular weight excluding hydrogens is 347 g/mol. The Kier molecular flexibility index (Phi) is 5.66. The third-order valence-corrected chi connectivity index (χ3v) is 4.03. The molecule has 3 rings (SSSR count). The van der Waals surface area contributed by atoms with E-state index in [2.05, 4.69) is 5.32 Å². The van der Waals surface area contributed by atoms with Crippen LogP contribution in [-0.2, 0) is 11.3 Å². The van der Waals surface area contributed by atoms with E-state index in [0.717, 1.165) is 11.1 Å². The SMILES string of the molecule is Cc1ccc(N(CC(=O)NCc2ccc(F)cc2)C(=O)c2ccco2)cc1. The Morgan fingerprint density at radius 2 is 1.74 bits per heavy atom. The summed E-state index contributed by atoms with van der Waals surface area (Å²) in [4.78, 5) is 26.5. The quantitative estimate of drug-likeness (QED) is 0.724. The molecule has 6 heteroatoms. The molecule has 27 heavy (non-hydrogen) atoms. The van der Waals surface area contributed by atoms with Crippen LogP contribution in [0.2, 0.25) is 0 Å². The van der Waals surface area contributed by atoms with Crippen molar-refractivity contribution in [2.45, 2.75) is 13.5 Å². The van der Waals surface area contributed by atoms with Crippen molar-refractivity contribution < 1.29 is 18.4 Å². The molecule has 0 radical (unpaired) electrons. The second-order valence-electron chi connectivity index (χ2n) is 6.11. The van der Waals surface area contributed by atoms with Gasteiger partial charge in [-0.3, -0.25) is 14.5 Å². The number of nitrogens with zero attached hydrogens (tertiary/aromatic N) is 1. The largest absolute Gasteiger partial charge is 0.459 e. The van der Waals surface area contributed by atoms with Crippen molar-refractivity contribution in [3.63, 3.8) is 0 Å². The number of aryl methyl sites for hydroxylation is 1. The van der Waals surface area contributed by atoms with Crippen LogP contribution in [-0.4, -0.2) is 18.4 Å². The third kappa shape index (κ3) is 4.82. The zero-order valence-corrected chi connectivity index (χ0v) is 14.8. The zero-order chi connectivity index (χ0) is 19.2. The van der Waals surface area contributed by atoms with Gasteiger partial charge >= 0.3 is 0 Å². The lowest BCUT2D eigenvalue weighted by molar-refractivity contribution is -0.119. The van der Waals surface area contributed by atoms with Gasteiger partial charge in [-0.2, -0.15) is 0 Å². The van der Waals surface area contributed by atoms with Gasteiger partial charge in [0, 0.05) is 12.2 Å². The normalized spacial score (nSPS) is 10.4. The van der Waals surface area contributed by atoms with Gasteiger partial charge in [-0.1, -0.05) is 29.8 Å². The first-order chi connectivity index (χ1) is 13.0. The van der Waals surface area contributed by atoms with E-state index in [4.69, 9.17) is 4.42 Å². The minimum atomic E-state index is -0.402. The first kappa shape index (κ1) is 18.4. The van der Waals surface area contributed by atoms with Crippen molar-refractivity contribution in [2.24, 2.45) is 0 Å². The molecule has 1 N–H and O–H groups in total. The Morgan fingerprint density at radius 3 is 2.37 bits per heavy atom. The van der Waals surface area contributed by atoms with Gasteiger partial charge in [0.05, 0.1) is 6.26 Å². The number of furan rings is 1. The van der Waals surface area contributed by atoms with E-state index in [-0.39, 0.29) is 30.6 Å². The molecule has 0 saturated heterocycles. The van der Waals surface area contributed by atoms with Crippen molar-refractivity contribution in [3.05, 3.63) is 89.6 Å². The van der Waals surface area contributed by atoms with E-state index in [1.165, 1.54) is 23.3 Å². The number of amides is 2. The molecule has 0 spiro atoms. The van der Waals surface area contributed by atoms with Gasteiger partial charge in [0.25, 0.3) is 5.91 Å². The predicted octanol–water partition coefficient (Wildman–Crippen LogP) is 3.69. The van der Waals surface area contributed by atoms with Gasteiger partial charge in [0.1, 0.15) is 12.4 Å². The minimum absolute atomic E-state index is 0.155. The summed E-state index contributed by atoms with van der Waals surface area (Å²) in [7, 11) is 0. The highest BCUT2D eigenvalue weighted by Gasteiger charge is 2.22. The van der Waals surface area contributed by atoms with E-state index >= 15 is 0 Å². The van der Waals surface area contributed by atoms with Crippen LogP contribution in [0.4, 0.5) is 10.1 Å². The van der Waals surface area contributed by atoms with E-state index in [9.17, 15) is 14.0 Å². The lowest BCUT2D eigenvalue weighted by Gasteiger charge is -2.21. The van der Waals surface area contributed by atoms with Crippen LogP contribution in [0.25, 0.3) is 0 Å². The van der Waals surface area contributed by atoms with Gasteiger partial charge < -0.3 is 9.73 Å². The van der Waals surface area contributed by atoms with Crippen LogP contribution < -0.4 is 10.2 Å². The average Bonchev–Trinajstić information content (AvgIpc) is 3.21. The van der Waals surface area contributed by atoms with Gasteiger partial charge in [-0.25, -0.2) is 4.39 Å². The molecule has 0 fully saturated rings. The number of nitrogens with one attached hydrogen (secondary N) is 1. The zero-order valence-electron chi connectivity index (χ0n) is 14.8. The molecule has 0 aliphatic carbocycles. The Balaban J connectivity index is 1.72.